The summed E-state index contributed by atoms with van der Waals surface area (Å²) in [6.45, 7) is 4.67. The van der Waals surface area contributed by atoms with Crippen LogP contribution < -0.4 is 16.0 Å². The van der Waals surface area contributed by atoms with E-state index in [2.05, 4.69) is 22.5 Å². The zero-order chi connectivity index (χ0) is 20.3. The molecular weight excluding hydrogens is 360 g/mol. The molecule has 3 rings (SSSR count). The monoisotopic (exact) mass is 380 g/mol. The lowest BCUT2D eigenvalue weighted by Gasteiger charge is -2.24. The maximum atomic E-state index is 13.0. The van der Waals surface area contributed by atoms with Crippen LogP contribution in [0.4, 0.5) is 9.59 Å². The van der Waals surface area contributed by atoms with Crippen LogP contribution in [0.3, 0.4) is 0 Å². The fourth-order valence-electron chi connectivity index (χ4n) is 3.20. The molecule has 1 aliphatic heterocycles. The summed E-state index contributed by atoms with van der Waals surface area (Å²) in [6.07, 6.45) is 1.46. The minimum Gasteiger partial charge on any atom is -0.334 e. The summed E-state index contributed by atoms with van der Waals surface area (Å²) < 4.78 is 0. The number of imide groups is 2. The van der Waals surface area contributed by atoms with Gasteiger partial charge in [0, 0.05) is 6.54 Å². The number of carbonyl (C=O) groups excluding carboxylic acids is 4. The number of fused-ring (bicyclic) bond motifs is 1. The van der Waals surface area contributed by atoms with E-state index < -0.39 is 36.0 Å². The highest BCUT2D eigenvalue weighted by atomic mass is 16.2. The van der Waals surface area contributed by atoms with Crippen LogP contribution in [-0.4, -0.2) is 41.9 Å². The van der Waals surface area contributed by atoms with Gasteiger partial charge in [-0.1, -0.05) is 48.5 Å². The van der Waals surface area contributed by atoms with Gasteiger partial charge in [-0.05, 0) is 23.3 Å². The number of hydrogen-bond donors (Lipinski definition) is 3. The number of carbonyl (C=O) groups is 4. The van der Waals surface area contributed by atoms with Gasteiger partial charge in [0.2, 0.25) is 5.91 Å². The summed E-state index contributed by atoms with van der Waals surface area (Å²) in [7, 11) is 0. The Hall–Kier alpha value is -3.68. The molecule has 1 fully saturated rings. The van der Waals surface area contributed by atoms with Crippen LogP contribution in [0.15, 0.2) is 55.1 Å². The van der Waals surface area contributed by atoms with Gasteiger partial charge in [-0.25, -0.2) is 9.59 Å². The van der Waals surface area contributed by atoms with Gasteiger partial charge in [-0.3, -0.25) is 19.8 Å². The van der Waals surface area contributed by atoms with Crippen LogP contribution in [0, 0.1) is 0 Å². The van der Waals surface area contributed by atoms with Gasteiger partial charge in [0.05, 0.1) is 0 Å². The van der Waals surface area contributed by atoms with E-state index in [0.29, 0.717) is 5.56 Å². The average Bonchev–Trinajstić information content (AvgIpc) is 2.89. The Balaban J connectivity index is 1.82. The van der Waals surface area contributed by atoms with Gasteiger partial charge in [-0.15, -0.1) is 6.58 Å². The van der Waals surface area contributed by atoms with Crippen LogP contribution >= 0.6 is 0 Å². The average molecular weight is 380 g/mol. The molecule has 0 saturated carbocycles. The SMILES string of the molecule is C=CCNC(=O)NC(=O)CN1C(=O)NC(C)(c2cccc3ccccc23)C1=O. The smallest absolute Gasteiger partial charge is 0.325 e. The lowest BCUT2D eigenvalue weighted by Crippen LogP contribution is -2.47. The van der Waals surface area contributed by atoms with Crippen LogP contribution in [-0.2, 0) is 15.1 Å². The fourth-order valence-corrected chi connectivity index (χ4v) is 3.20. The van der Waals surface area contributed by atoms with E-state index in [1.807, 2.05) is 36.4 Å². The molecule has 28 heavy (non-hydrogen) atoms. The normalized spacial score (nSPS) is 18.7. The number of benzene rings is 2. The highest BCUT2D eigenvalue weighted by molar-refractivity contribution is 6.11. The fraction of sp³-hybridized carbons (Fsp3) is 0.200. The van der Waals surface area contributed by atoms with Gasteiger partial charge in [0.15, 0.2) is 0 Å². The number of nitrogens with one attached hydrogen (secondary N) is 3. The van der Waals surface area contributed by atoms with Crippen LogP contribution in [0.2, 0.25) is 0 Å². The van der Waals surface area contributed by atoms with Crippen LogP contribution in [0.1, 0.15) is 12.5 Å². The van der Waals surface area contributed by atoms with E-state index >= 15 is 0 Å². The van der Waals surface area contributed by atoms with Crippen molar-refractivity contribution in [1.82, 2.24) is 20.9 Å². The first kappa shape index (κ1) is 19.1. The molecule has 0 spiro atoms. The van der Waals surface area contributed by atoms with Gasteiger partial charge in [0.25, 0.3) is 5.91 Å². The van der Waals surface area contributed by atoms with E-state index in [9.17, 15) is 19.2 Å². The first-order valence-electron chi connectivity index (χ1n) is 8.67. The lowest BCUT2D eigenvalue weighted by atomic mass is 9.88. The largest absolute Gasteiger partial charge is 0.334 e. The number of nitrogens with zero attached hydrogens (tertiary/aromatic N) is 1. The van der Waals surface area contributed by atoms with E-state index in [1.165, 1.54) is 6.08 Å². The Bertz CT molecular complexity index is 982. The van der Waals surface area contributed by atoms with Gasteiger partial charge in [-0.2, -0.15) is 0 Å². The molecule has 1 atom stereocenters. The zero-order valence-corrected chi connectivity index (χ0v) is 15.3. The molecule has 2 aromatic carbocycles. The standard InChI is InChI=1S/C20H20N4O4/c1-3-11-21-18(27)22-16(25)12-24-17(26)20(2,23-19(24)28)15-10-6-8-13-7-4-5-9-14(13)15/h3-10H,1,11-12H2,2H3,(H,23,28)(H2,21,22,25,27). The highest BCUT2D eigenvalue weighted by Crippen LogP contribution is 2.33. The predicted octanol–water partition coefficient (Wildman–Crippen LogP) is 1.62. The van der Waals surface area contributed by atoms with Gasteiger partial charge in [0.1, 0.15) is 12.1 Å². The maximum absolute atomic E-state index is 13.0. The Morgan fingerprint density at radius 3 is 2.64 bits per heavy atom. The first-order valence-corrected chi connectivity index (χ1v) is 8.67. The molecule has 8 nitrogen and oxygen atoms in total. The third-order valence-corrected chi connectivity index (χ3v) is 4.56. The maximum Gasteiger partial charge on any atom is 0.325 e. The number of urea groups is 2. The number of rotatable bonds is 5. The third-order valence-electron chi connectivity index (χ3n) is 4.56. The molecule has 2 aromatic rings. The molecule has 6 amide bonds. The van der Waals surface area contributed by atoms with E-state index in [-0.39, 0.29) is 6.54 Å². The van der Waals surface area contributed by atoms with Gasteiger partial charge < -0.3 is 10.6 Å². The molecule has 1 saturated heterocycles. The predicted molar refractivity (Wildman–Crippen MR) is 103 cm³/mol. The Labute approximate surface area is 161 Å². The summed E-state index contributed by atoms with van der Waals surface area (Å²) in [5.74, 6) is -1.33. The quantitative estimate of drug-likeness (QED) is 0.541. The Kier molecular flexibility index (Phi) is 5.12. The van der Waals surface area contributed by atoms with Crippen LogP contribution in [0.5, 0.6) is 0 Å². The number of amides is 6. The summed E-state index contributed by atoms with van der Waals surface area (Å²) in [6, 6.07) is 11.6. The first-order chi connectivity index (χ1) is 13.4. The molecule has 3 N–H and O–H groups in total. The molecule has 0 radical (unpaired) electrons. The van der Waals surface area contributed by atoms with Crippen molar-refractivity contribution in [3.05, 3.63) is 60.7 Å². The molecule has 0 bridgehead atoms. The minimum atomic E-state index is -1.32. The molecule has 8 heteroatoms. The lowest BCUT2D eigenvalue weighted by molar-refractivity contribution is -0.134. The molecule has 0 aromatic heterocycles. The molecule has 0 aliphatic carbocycles. The molecule has 144 valence electrons. The second kappa shape index (κ2) is 7.51. The molecule has 1 unspecified atom stereocenters. The summed E-state index contributed by atoms with van der Waals surface area (Å²) >= 11 is 0. The van der Waals surface area contributed by atoms with E-state index in [0.717, 1.165) is 15.7 Å². The number of hydrogen-bond acceptors (Lipinski definition) is 4. The molecule has 1 aliphatic rings. The summed E-state index contributed by atoms with van der Waals surface area (Å²) in [5, 5.41) is 8.88. The van der Waals surface area contributed by atoms with Crippen molar-refractivity contribution in [2.45, 2.75) is 12.5 Å². The van der Waals surface area contributed by atoms with Crippen molar-refractivity contribution in [3.8, 4) is 0 Å². The second-order valence-electron chi connectivity index (χ2n) is 6.52. The molecule has 1 heterocycles. The van der Waals surface area contributed by atoms with E-state index in [4.69, 9.17) is 0 Å². The van der Waals surface area contributed by atoms with Crippen molar-refractivity contribution in [2.75, 3.05) is 13.1 Å². The van der Waals surface area contributed by atoms with Crippen molar-refractivity contribution >= 4 is 34.6 Å². The van der Waals surface area contributed by atoms with Crippen molar-refractivity contribution in [1.29, 1.82) is 0 Å². The minimum absolute atomic E-state index is 0.182. The zero-order valence-electron chi connectivity index (χ0n) is 15.3. The third kappa shape index (κ3) is 3.44. The van der Waals surface area contributed by atoms with Crippen LogP contribution in [0.25, 0.3) is 10.8 Å². The Morgan fingerprint density at radius 2 is 1.89 bits per heavy atom. The summed E-state index contributed by atoms with van der Waals surface area (Å²) in [5.41, 5.74) is -0.681. The van der Waals surface area contributed by atoms with E-state index in [1.54, 1.807) is 13.0 Å². The van der Waals surface area contributed by atoms with Crippen molar-refractivity contribution < 1.29 is 19.2 Å². The second-order valence-corrected chi connectivity index (χ2v) is 6.52. The highest BCUT2D eigenvalue weighted by Gasteiger charge is 2.50. The Morgan fingerprint density at radius 1 is 1.18 bits per heavy atom. The molecular formula is C20H20N4O4. The topological polar surface area (TPSA) is 108 Å². The van der Waals surface area contributed by atoms with Gasteiger partial charge >= 0.3 is 12.1 Å². The van der Waals surface area contributed by atoms with Crippen molar-refractivity contribution in [3.63, 3.8) is 0 Å². The van der Waals surface area contributed by atoms with Crippen molar-refractivity contribution in [2.24, 2.45) is 0 Å². The summed E-state index contributed by atoms with van der Waals surface area (Å²) in [4.78, 5) is 49.8.